The van der Waals surface area contributed by atoms with Crippen LogP contribution in [0.4, 0.5) is 0 Å². The van der Waals surface area contributed by atoms with Gasteiger partial charge in [0.2, 0.25) is 0 Å². The lowest BCUT2D eigenvalue weighted by Gasteiger charge is -2.06. The molecule has 0 aliphatic carbocycles. The first-order chi connectivity index (χ1) is 8.38. The average Bonchev–Trinajstić information content (AvgIpc) is 2.40. The first-order valence-electron chi connectivity index (χ1n) is 5.51. The second kappa shape index (κ2) is 5.80. The van der Waals surface area contributed by atoms with Gasteiger partial charge in [0, 0.05) is 0 Å². The van der Waals surface area contributed by atoms with Crippen molar-refractivity contribution >= 4 is 0 Å². The molecule has 17 heavy (non-hydrogen) atoms. The molecule has 2 rings (SSSR count). The lowest BCUT2D eigenvalue weighted by molar-refractivity contribution is -0.0999. The minimum Gasteiger partial charge on any atom is -0.494 e. The van der Waals surface area contributed by atoms with Gasteiger partial charge >= 0.3 is 0 Å². The molecule has 0 radical (unpaired) electrons. The summed E-state index contributed by atoms with van der Waals surface area (Å²) < 4.78 is 5.33. The normalized spacial score (nSPS) is 9.71. The molecule has 0 fully saturated rings. The zero-order valence-corrected chi connectivity index (χ0v) is 9.63. The van der Waals surface area contributed by atoms with Gasteiger partial charge in [0.05, 0.1) is 6.61 Å². The SMILES string of the molecule is CCOc1ccc(OOc2ccccc2)cc1. The van der Waals surface area contributed by atoms with Crippen molar-refractivity contribution in [1.29, 1.82) is 0 Å². The van der Waals surface area contributed by atoms with E-state index in [-0.39, 0.29) is 0 Å². The summed E-state index contributed by atoms with van der Waals surface area (Å²) in [5.41, 5.74) is 0. The van der Waals surface area contributed by atoms with Gasteiger partial charge in [-0.3, -0.25) is 9.78 Å². The number of hydrogen-bond donors (Lipinski definition) is 0. The maximum Gasteiger partial charge on any atom is 0.178 e. The molecule has 0 bridgehead atoms. The van der Waals surface area contributed by atoms with E-state index in [1.165, 1.54) is 0 Å². The quantitative estimate of drug-likeness (QED) is 0.581. The molecule has 0 atom stereocenters. The molecule has 0 aliphatic rings. The van der Waals surface area contributed by atoms with Gasteiger partial charge < -0.3 is 4.74 Å². The summed E-state index contributed by atoms with van der Waals surface area (Å²) in [6.45, 7) is 2.60. The Labute approximate surface area is 100 Å². The van der Waals surface area contributed by atoms with Crippen LogP contribution in [-0.2, 0) is 0 Å². The number of benzene rings is 2. The second-order valence-corrected chi connectivity index (χ2v) is 3.38. The highest BCUT2D eigenvalue weighted by atomic mass is 17.2. The van der Waals surface area contributed by atoms with Crippen molar-refractivity contribution in [1.82, 2.24) is 0 Å². The summed E-state index contributed by atoms with van der Waals surface area (Å²) in [5, 5.41) is 0. The zero-order chi connectivity index (χ0) is 11.9. The summed E-state index contributed by atoms with van der Waals surface area (Å²) in [5.74, 6) is 2.12. The number of para-hydroxylation sites is 1. The van der Waals surface area contributed by atoms with Crippen molar-refractivity contribution in [3.05, 3.63) is 54.6 Å². The van der Waals surface area contributed by atoms with Crippen molar-refractivity contribution in [3.8, 4) is 17.2 Å². The van der Waals surface area contributed by atoms with Gasteiger partial charge in [0.15, 0.2) is 11.5 Å². The molecular weight excluding hydrogens is 216 g/mol. The zero-order valence-electron chi connectivity index (χ0n) is 9.63. The average molecular weight is 230 g/mol. The van der Waals surface area contributed by atoms with Crippen LogP contribution in [-0.4, -0.2) is 6.61 Å². The Morgan fingerprint density at radius 1 is 0.706 bits per heavy atom. The number of rotatable bonds is 5. The van der Waals surface area contributed by atoms with Crippen LogP contribution in [0.3, 0.4) is 0 Å². The molecule has 0 spiro atoms. The molecule has 0 saturated heterocycles. The summed E-state index contributed by atoms with van der Waals surface area (Å²) in [6, 6.07) is 16.6. The maximum atomic E-state index is 5.33. The van der Waals surface area contributed by atoms with E-state index in [1.807, 2.05) is 49.4 Å². The van der Waals surface area contributed by atoms with E-state index in [9.17, 15) is 0 Å². The minimum absolute atomic E-state index is 0.636. The highest BCUT2D eigenvalue weighted by molar-refractivity contribution is 5.31. The van der Waals surface area contributed by atoms with Gasteiger partial charge in [-0.25, -0.2) is 0 Å². The standard InChI is InChI=1S/C14H14O3/c1-2-15-12-8-10-14(11-9-12)17-16-13-6-4-3-5-7-13/h3-11H,2H2,1H3. The van der Waals surface area contributed by atoms with Gasteiger partial charge in [0.1, 0.15) is 5.75 Å². The van der Waals surface area contributed by atoms with Crippen molar-refractivity contribution < 1.29 is 14.5 Å². The van der Waals surface area contributed by atoms with Crippen molar-refractivity contribution in [2.45, 2.75) is 6.92 Å². The van der Waals surface area contributed by atoms with E-state index in [2.05, 4.69) is 0 Å². The molecule has 0 heterocycles. The van der Waals surface area contributed by atoms with E-state index in [0.29, 0.717) is 18.1 Å². The Bertz CT molecular complexity index is 437. The van der Waals surface area contributed by atoms with E-state index in [1.54, 1.807) is 12.1 Å². The number of ether oxygens (including phenoxy) is 1. The first kappa shape index (κ1) is 11.3. The van der Waals surface area contributed by atoms with Crippen molar-refractivity contribution in [3.63, 3.8) is 0 Å². The molecule has 3 nitrogen and oxygen atoms in total. The van der Waals surface area contributed by atoms with Crippen LogP contribution >= 0.6 is 0 Å². The van der Waals surface area contributed by atoms with Gasteiger partial charge in [-0.15, -0.1) is 0 Å². The molecule has 2 aromatic carbocycles. The highest BCUT2D eigenvalue weighted by Crippen LogP contribution is 2.18. The maximum absolute atomic E-state index is 5.33. The Kier molecular flexibility index (Phi) is 3.86. The van der Waals surface area contributed by atoms with Crippen LogP contribution in [0.2, 0.25) is 0 Å². The summed E-state index contributed by atoms with van der Waals surface area (Å²) in [6.07, 6.45) is 0. The van der Waals surface area contributed by atoms with Crippen LogP contribution in [0, 0.1) is 0 Å². The van der Waals surface area contributed by atoms with Gasteiger partial charge in [0.25, 0.3) is 0 Å². The summed E-state index contributed by atoms with van der Waals surface area (Å²) >= 11 is 0. The Hall–Kier alpha value is -2.16. The Morgan fingerprint density at radius 3 is 1.82 bits per heavy atom. The predicted molar refractivity (Wildman–Crippen MR) is 65.3 cm³/mol. The van der Waals surface area contributed by atoms with E-state index < -0.39 is 0 Å². The van der Waals surface area contributed by atoms with Crippen LogP contribution < -0.4 is 14.5 Å². The fourth-order valence-corrected chi connectivity index (χ4v) is 1.33. The molecule has 88 valence electrons. The van der Waals surface area contributed by atoms with Crippen LogP contribution in [0.5, 0.6) is 17.2 Å². The molecule has 3 heteroatoms. The molecule has 0 unspecified atom stereocenters. The summed E-state index contributed by atoms with van der Waals surface area (Å²) in [7, 11) is 0. The topological polar surface area (TPSA) is 27.7 Å². The smallest absolute Gasteiger partial charge is 0.178 e. The van der Waals surface area contributed by atoms with E-state index in [0.717, 1.165) is 5.75 Å². The van der Waals surface area contributed by atoms with Crippen molar-refractivity contribution in [2.24, 2.45) is 0 Å². The molecule has 0 saturated carbocycles. The fraction of sp³-hybridized carbons (Fsp3) is 0.143. The molecule has 0 aliphatic heterocycles. The molecule has 0 N–H and O–H groups in total. The van der Waals surface area contributed by atoms with Crippen LogP contribution in [0.15, 0.2) is 54.6 Å². The number of hydrogen-bond acceptors (Lipinski definition) is 3. The molecule has 0 amide bonds. The van der Waals surface area contributed by atoms with Gasteiger partial charge in [-0.05, 0) is 43.3 Å². The Morgan fingerprint density at radius 2 is 1.24 bits per heavy atom. The fourth-order valence-electron chi connectivity index (χ4n) is 1.33. The monoisotopic (exact) mass is 230 g/mol. The molecule has 0 aromatic heterocycles. The highest BCUT2D eigenvalue weighted by Gasteiger charge is 1.98. The third kappa shape index (κ3) is 3.41. The molecule has 2 aromatic rings. The summed E-state index contributed by atoms with van der Waals surface area (Å²) in [4.78, 5) is 10.3. The largest absolute Gasteiger partial charge is 0.494 e. The van der Waals surface area contributed by atoms with E-state index >= 15 is 0 Å². The third-order valence-electron chi connectivity index (χ3n) is 2.11. The third-order valence-corrected chi connectivity index (χ3v) is 2.11. The minimum atomic E-state index is 0.636. The van der Waals surface area contributed by atoms with E-state index in [4.69, 9.17) is 14.5 Å². The first-order valence-corrected chi connectivity index (χ1v) is 5.51. The van der Waals surface area contributed by atoms with Gasteiger partial charge in [-0.2, -0.15) is 0 Å². The lowest BCUT2D eigenvalue weighted by atomic mass is 10.3. The predicted octanol–water partition coefficient (Wildman–Crippen LogP) is 3.46. The van der Waals surface area contributed by atoms with Crippen molar-refractivity contribution in [2.75, 3.05) is 6.61 Å². The molecular formula is C14H14O3. The van der Waals surface area contributed by atoms with Crippen LogP contribution in [0.1, 0.15) is 6.92 Å². The second-order valence-electron chi connectivity index (χ2n) is 3.38. The lowest BCUT2D eigenvalue weighted by Crippen LogP contribution is -2.00. The van der Waals surface area contributed by atoms with Gasteiger partial charge in [-0.1, -0.05) is 18.2 Å². The van der Waals surface area contributed by atoms with Crippen LogP contribution in [0.25, 0.3) is 0 Å². The Balaban J connectivity index is 1.91.